The average Bonchev–Trinajstić information content (AvgIpc) is 2.24. The molecule has 2 nitrogen and oxygen atoms in total. The molecule has 0 atom stereocenters. The van der Waals surface area contributed by atoms with Gasteiger partial charge in [-0.2, -0.15) is 13.2 Å². The molecule has 1 aromatic heterocycles. The van der Waals surface area contributed by atoms with E-state index in [9.17, 15) is 13.2 Å². The highest BCUT2D eigenvalue weighted by Crippen LogP contribution is 2.26. The Morgan fingerprint density at radius 1 is 1.47 bits per heavy atom. The van der Waals surface area contributed by atoms with Crippen molar-refractivity contribution >= 4 is 5.70 Å². The molecule has 1 rings (SSSR count). The second-order valence-electron chi connectivity index (χ2n) is 3.55. The van der Waals surface area contributed by atoms with Gasteiger partial charge in [0.25, 0.3) is 0 Å². The third-order valence-corrected chi connectivity index (χ3v) is 2.14. The van der Waals surface area contributed by atoms with E-state index >= 15 is 0 Å². The Hall–Kier alpha value is -1.78. The molecule has 0 fully saturated rings. The lowest BCUT2D eigenvalue weighted by Gasteiger charge is -2.10. The van der Waals surface area contributed by atoms with E-state index in [2.05, 4.69) is 16.9 Å². The van der Waals surface area contributed by atoms with Crippen LogP contribution < -0.4 is 5.32 Å². The van der Waals surface area contributed by atoms with Crippen molar-refractivity contribution in [2.24, 2.45) is 0 Å². The lowest BCUT2D eigenvalue weighted by molar-refractivity contribution is -0.0877. The fourth-order valence-corrected chi connectivity index (χ4v) is 1.21. The first-order valence-electron chi connectivity index (χ1n) is 4.93. The highest BCUT2D eigenvalue weighted by Gasteiger charge is 2.30. The summed E-state index contributed by atoms with van der Waals surface area (Å²) < 4.78 is 37.0. The van der Waals surface area contributed by atoms with Crippen LogP contribution in [0.4, 0.5) is 13.2 Å². The van der Waals surface area contributed by atoms with Gasteiger partial charge in [0, 0.05) is 13.2 Å². The average molecular weight is 242 g/mol. The molecular formula is C12H13F3N2. The molecule has 0 amide bonds. The van der Waals surface area contributed by atoms with Crippen molar-refractivity contribution in [1.82, 2.24) is 10.3 Å². The first kappa shape index (κ1) is 13.3. The van der Waals surface area contributed by atoms with E-state index in [1.54, 1.807) is 25.4 Å². The minimum atomic E-state index is -4.42. The molecule has 0 saturated carbocycles. The van der Waals surface area contributed by atoms with Gasteiger partial charge in [0.1, 0.15) is 0 Å². The zero-order valence-corrected chi connectivity index (χ0v) is 9.60. The summed E-state index contributed by atoms with van der Waals surface area (Å²) in [5, 5.41) is 2.69. The molecule has 0 bridgehead atoms. The SMILES string of the molecule is C=C(/C=C(\NC)c1cc(C)ccn1)C(F)(F)F. The van der Waals surface area contributed by atoms with Crippen LogP contribution in [0.5, 0.6) is 0 Å². The molecule has 92 valence electrons. The molecule has 0 aliphatic carbocycles. The predicted octanol–water partition coefficient (Wildman–Crippen LogP) is 3.07. The van der Waals surface area contributed by atoms with Crippen LogP contribution in [0.25, 0.3) is 5.70 Å². The zero-order chi connectivity index (χ0) is 13.1. The van der Waals surface area contributed by atoms with E-state index < -0.39 is 11.7 Å². The minimum absolute atomic E-state index is 0.288. The summed E-state index contributed by atoms with van der Waals surface area (Å²) in [6.07, 6.45) is -1.93. The fraction of sp³-hybridized carbons (Fsp3) is 0.250. The first-order valence-corrected chi connectivity index (χ1v) is 4.93. The van der Waals surface area contributed by atoms with Crippen molar-refractivity contribution in [2.75, 3.05) is 7.05 Å². The van der Waals surface area contributed by atoms with Crippen molar-refractivity contribution in [1.29, 1.82) is 0 Å². The summed E-state index contributed by atoms with van der Waals surface area (Å²) in [6, 6.07) is 3.47. The van der Waals surface area contributed by atoms with E-state index in [0.29, 0.717) is 5.69 Å². The van der Waals surface area contributed by atoms with Gasteiger partial charge in [0.2, 0.25) is 0 Å². The number of allylic oxidation sites excluding steroid dienone is 2. The van der Waals surface area contributed by atoms with Gasteiger partial charge in [0.05, 0.1) is 17.0 Å². The summed E-state index contributed by atoms with van der Waals surface area (Å²) in [4.78, 5) is 4.01. The number of hydrogen-bond acceptors (Lipinski definition) is 2. The van der Waals surface area contributed by atoms with E-state index in [0.717, 1.165) is 11.6 Å². The molecule has 0 aliphatic rings. The van der Waals surface area contributed by atoms with E-state index in [1.807, 2.05) is 6.92 Å². The van der Waals surface area contributed by atoms with Gasteiger partial charge < -0.3 is 5.32 Å². The lowest BCUT2D eigenvalue weighted by atomic mass is 10.1. The predicted molar refractivity (Wildman–Crippen MR) is 61.2 cm³/mol. The van der Waals surface area contributed by atoms with Crippen LogP contribution in [0, 0.1) is 6.92 Å². The summed E-state index contributed by atoms with van der Waals surface area (Å²) >= 11 is 0. The quantitative estimate of drug-likeness (QED) is 0.824. The molecule has 0 unspecified atom stereocenters. The summed E-state index contributed by atoms with van der Waals surface area (Å²) in [7, 11) is 1.54. The van der Waals surface area contributed by atoms with Crippen LogP contribution >= 0.6 is 0 Å². The molecular weight excluding hydrogens is 229 g/mol. The van der Waals surface area contributed by atoms with Crippen LogP contribution in [0.2, 0.25) is 0 Å². The van der Waals surface area contributed by atoms with Crippen LogP contribution in [0.3, 0.4) is 0 Å². The maximum Gasteiger partial charge on any atom is 0.415 e. The summed E-state index contributed by atoms with van der Waals surface area (Å²) in [5.41, 5.74) is 0.757. The minimum Gasteiger partial charge on any atom is -0.386 e. The van der Waals surface area contributed by atoms with Crippen LogP contribution in [0.1, 0.15) is 11.3 Å². The van der Waals surface area contributed by atoms with Gasteiger partial charge in [-0.15, -0.1) is 0 Å². The Morgan fingerprint density at radius 3 is 2.59 bits per heavy atom. The Bertz CT molecular complexity index is 447. The molecule has 5 heteroatoms. The van der Waals surface area contributed by atoms with Crippen LogP contribution in [-0.4, -0.2) is 18.2 Å². The molecule has 0 saturated heterocycles. The van der Waals surface area contributed by atoms with Gasteiger partial charge in [-0.05, 0) is 30.7 Å². The second-order valence-corrected chi connectivity index (χ2v) is 3.55. The molecule has 1 aromatic rings. The summed E-state index contributed by atoms with van der Waals surface area (Å²) in [5.74, 6) is 0. The number of nitrogens with zero attached hydrogens (tertiary/aromatic N) is 1. The number of alkyl halides is 3. The molecule has 0 radical (unpaired) electrons. The highest BCUT2D eigenvalue weighted by molar-refractivity contribution is 5.64. The molecule has 0 aliphatic heterocycles. The van der Waals surface area contributed by atoms with Crippen molar-refractivity contribution in [3.63, 3.8) is 0 Å². The van der Waals surface area contributed by atoms with Gasteiger partial charge in [-0.1, -0.05) is 6.58 Å². The number of aryl methyl sites for hydroxylation is 1. The third kappa shape index (κ3) is 3.62. The number of nitrogens with one attached hydrogen (secondary N) is 1. The molecule has 0 aromatic carbocycles. The fourth-order valence-electron chi connectivity index (χ4n) is 1.21. The molecule has 0 spiro atoms. The third-order valence-electron chi connectivity index (χ3n) is 2.14. The maximum atomic E-state index is 12.3. The van der Waals surface area contributed by atoms with Crippen molar-refractivity contribution in [3.8, 4) is 0 Å². The Labute approximate surface area is 97.9 Å². The standard InChI is InChI=1S/C12H13F3N2/c1-8-4-5-17-11(6-8)10(16-3)7-9(2)12(13,14)15/h4-7,16H,2H2,1,3H3/b10-7-. The number of halogens is 3. The van der Waals surface area contributed by atoms with Gasteiger partial charge in [-0.25, -0.2) is 0 Å². The second kappa shape index (κ2) is 5.03. The maximum absolute atomic E-state index is 12.3. The van der Waals surface area contributed by atoms with Crippen molar-refractivity contribution in [3.05, 3.63) is 47.8 Å². The molecule has 17 heavy (non-hydrogen) atoms. The monoisotopic (exact) mass is 242 g/mol. The smallest absolute Gasteiger partial charge is 0.386 e. The van der Waals surface area contributed by atoms with Gasteiger partial charge >= 0.3 is 6.18 Å². The number of hydrogen-bond donors (Lipinski definition) is 1. The Kier molecular flexibility index (Phi) is 3.93. The first-order chi connectivity index (χ1) is 7.84. The van der Waals surface area contributed by atoms with Crippen molar-refractivity contribution in [2.45, 2.75) is 13.1 Å². The normalized spacial score (nSPS) is 12.4. The Morgan fingerprint density at radius 2 is 2.12 bits per heavy atom. The molecule has 1 N–H and O–H groups in total. The van der Waals surface area contributed by atoms with Crippen LogP contribution in [-0.2, 0) is 0 Å². The van der Waals surface area contributed by atoms with Gasteiger partial charge in [-0.3, -0.25) is 4.98 Å². The number of rotatable bonds is 3. The van der Waals surface area contributed by atoms with E-state index in [4.69, 9.17) is 0 Å². The zero-order valence-electron chi connectivity index (χ0n) is 9.60. The van der Waals surface area contributed by atoms with Crippen molar-refractivity contribution < 1.29 is 13.2 Å². The van der Waals surface area contributed by atoms with Crippen LogP contribution in [0.15, 0.2) is 36.6 Å². The number of aromatic nitrogens is 1. The Balaban J connectivity index is 3.08. The highest BCUT2D eigenvalue weighted by atomic mass is 19.4. The van der Waals surface area contributed by atoms with Gasteiger partial charge in [0.15, 0.2) is 0 Å². The van der Waals surface area contributed by atoms with E-state index in [1.165, 1.54) is 0 Å². The largest absolute Gasteiger partial charge is 0.415 e. The molecule has 1 heterocycles. The lowest BCUT2D eigenvalue weighted by Crippen LogP contribution is -2.13. The summed E-state index contributed by atoms with van der Waals surface area (Å²) in [6.45, 7) is 4.84. The van der Waals surface area contributed by atoms with E-state index in [-0.39, 0.29) is 5.70 Å². The topological polar surface area (TPSA) is 24.9 Å². The number of pyridine rings is 1.